The molecule has 26 heavy (non-hydrogen) atoms. The second-order valence-electron chi connectivity index (χ2n) is 6.60. The Bertz CT molecular complexity index is 741. The van der Waals surface area contributed by atoms with Gasteiger partial charge in [-0.2, -0.15) is 4.98 Å². The molecule has 2 heterocycles. The Morgan fingerprint density at radius 2 is 2.08 bits per heavy atom. The third kappa shape index (κ3) is 4.55. The van der Waals surface area contributed by atoms with Crippen LogP contribution in [0.2, 0.25) is 0 Å². The van der Waals surface area contributed by atoms with Crippen LogP contribution in [0.3, 0.4) is 0 Å². The number of amides is 1. The number of hydrogen-bond acceptors (Lipinski definition) is 5. The number of aromatic nitrogens is 3. The molecule has 1 aromatic heterocycles. The minimum Gasteiger partial charge on any atom is -0.492 e. The van der Waals surface area contributed by atoms with Crippen molar-refractivity contribution in [2.24, 2.45) is 0 Å². The molecule has 0 aliphatic carbocycles. The van der Waals surface area contributed by atoms with Crippen LogP contribution in [0, 0.1) is 0 Å². The van der Waals surface area contributed by atoms with E-state index in [1.54, 1.807) is 0 Å². The molecule has 7 nitrogen and oxygen atoms in total. The van der Waals surface area contributed by atoms with E-state index in [0.29, 0.717) is 24.9 Å². The van der Waals surface area contributed by atoms with Gasteiger partial charge in [-0.3, -0.25) is 9.89 Å². The van der Waals surface area contributed by atoms with Gasteiger partial charge >= 0.3 is 0 Å². The van der Waals surface area contributed by atoms with Crippen LogP contribution < -0.4 is 9.64 Å². The number of halogens is 1. The Labute approximate surface area is 161 Å². The predicted molar refractivity (Wildman–Crippen MR) is 104 cm³/mol. The SMILES string of the molecule is CN(C)c1n[nH]c(C2CCN(C(=O)CCOc3ccccc3Br)CC2)n1. The van der Waals surface area contributed by atoms with Gasteiger partial charge in [0.1, 0.15) is 11.6 Å². The highest BCUT2D eigenvalue weighted by atomic mass is 79.9. The molecule has 1 N–H and O–H groups in total. The molecular formula is C18H24BrN5O2. The zero-order valence-corrected chi connectivity index (χ0v) is 16.7. The number of piperidine rings is 1. The summed E-state index contributed by atoms with van der Waals surface area (Å²) in [5.74, 6) is 2.85. The molecule has 140 valence electrons. The number of aromatic amines is 1. The molecule has 0 radical (unpaired) electrons. The molecule has 0 unspecified atom stereocenters. The molecule has 8 heteroatoms. The number of likely N-dealkylation sites (tertiary alicyclic amines) is 1. The van der Waals surface area contributed by atoms with Gasteiger partial charge in [-0.1, -0.05) is 12.1 Å². The lowest BCUT2D eigenvalue weighted by Gasteiger charge is -2.31. The maximum Gasteiger partial charge on any atom is 0.244 e. The molecule has 1 fully saturated rings. The maximum absolute atomic E-state index is 12.4. The van der Waals surface area contributed by atoms with Crippen LogP contribution in [0.25, 0.3) is 0 Å². The van der Waals surface area contributed by atoms with E-state index in [4.69, 9.17) is 4.74 Å². The van der Waals surface area contributed by atoms with Gasteiger partial charge in [0.2, 0.25) is 11.9 Å². The van der Waals surface area contributed by atoms with Crippen LogP contribution in [0.15, 0.2) is 28.7 Å². The summed E-state index contributed by atoms with van der Waals surface area (Å²) < 4.78 is 6.59. The number of para-hydroxylation sites is 1. The molecule has 0 atom stereocenters. The van der Waals surface area contributed by atoms with Gasteiger partial charge in [0.05, 0.1) is 17.5 Å². The van der Waals surface area contributed by atoms with E-state index >= 15 is 0 Å². The Kier molecular flexibility index (Phi) is 6.13. The second kappa shape index (κ2) is 8.53. The summed E-state index contributed by atoms with van der Waals surface area (Å²) in [6.07, 6.45) is 2.19. The average Bonchev–Trinajstić information content (AvgIpc) is 3.14. The van der Waals surface area contributed by atoms with Crippen molar-refractivity contribution in [2.75, 3.05) is 38.7 Å². The normalized spacial score (nSPS) is 15.1. The largest absolute Gasteiger partial charge is 0.492 e. The zero-order chi connectivity index (χ0) is 18.5. The zero-order valence-electron chi connectivity index (χ0n) is 15.1. The van der Waals surface area contributed by atoms with Crippen molar-refractivity contribution in [3.63, 3.8) is 0 Å². The van der Waals surface area contributed by atoms with Crippen LogP contribution in [0.5, 0.6) is 5.75 Å². The number of hydrogen-bond donors (Lipinski definition) is 1. The first-order chi connectivity index (χ1) is 12.5. The van der Waals surface area contributed by atoms with Crippen molar-refractivity contribution in [3.05, 3.63) is 34.6 Å². The molecular weight excluding hydrogens is 398 g/mol. The fraction of sp³-hybridized carbons (Fsp3) is 0.500. The fourth-order valence-corrected chi connectivity index (χ4v) is 3.42. The van der Waals surface area contributed by atoms with E-state index in [-0.39, 0.29) is 5.91 Å². The topological polar surface area (TPSA) is 74.4 Å². The van der Waals surface area contributed by atoms with Gasteiger partial charge in [0.25, 0.3) is 0 Å². The number of benzene rings is 1. The lowest BCUT2D eigenvalue weighted by molar-refractivity contribution is -0.132. The minimum absolute atomic E-state index is 0.141. The summed E-state index contributed by atoms with van der Waals surface area (Å²) in [6, 6.07) is 7.66. The molecule has 1 amide bonds. The Balaban J connectivity index is 1.44. The number of rotatable bonds is 6. The van der Waals surface area contributed by atoms with Crippen molar-refractivity contribution >= 4 is 27.8 Å². The average molecular weight is 422 g/mol. The van der Waals surface area contributed by atoms with Crippen LogP contribution in [-0.4, -0.2) is 59.8 Å². The second-order valence-corrected chi connectivity index (χ2v) is 7.45. The molecule has 0 bridgehead atoms. The van der Waals surface area contributed by atoms with E-state index in [9.17, 15) is 4.79 Å². The minimum atomic E-state index is 0.141. The molecule has 0 spiro atoms. The van der Waals surface area contributed by atoms with Crippen LogP contribution in [0.1, 0.15) is 31.0 Å². The predicted octanol–water partition coefficient (Wildman–Crippen LogP) is 2.81. The summed E-state index contributed by atoms with van der Waals surface area (Å²) in [7, 11) is 3.84. The van der Waals surface area contributed by atoms with Gasteiger partial charge in [-0.15, -0.1) is 5.10 Å². The first kappa shape index (κ1) is 18.7. The summed E-state index contributed by atoms with van der Waals surface area (Å²) in [5.41, 5.74) is 0. The van der Waals surface area contributed by atoms with Gasteiger partial charge < -0.3 is 14.5 Å². The number of carbonyl (C=O) groups is 1. The molecule has 1 aliphatic heterocycles. The lowest BCUT2D eigenvalue weighted by atomic mass is 9.96. The number of nitrogens with one attached hydrogen (secondary N) is 1. The van der Waals surface area contributed by atoms with E-state index in [2.05, 4.69) is 31.1 Å². The monoisotopic (exact) mass is 421 g/mol. The number of anilines is 1. The van der Waals surface area contributed by atoms with Gasteiger partial charge in [-0.05, 0) is 40.9 Å². The van der Waals surface area contributed by atoms with Crippen molar-refractivity contribution in [1.82, 2.24) is 20.1 Å². The van der Waals surface area contributed by atoms with Crippen molar-refractivity contribution in [2.45, 2.75) is 25.2 Å². The Morgan fingerprint density at radius 3 is 2.73 bits per heavy atom. The smallest absolute Gasteiger partial charge is 0.244 e. The summed E-state index contributed by atoms with van der Waals surface area (Å²) in [4.78, 5) is 20.7. The quantitative estimate of drug-likeness (QED) is 0.775. The van der Waals surface area contributed by atoms with Crippen molar-refractivity contribution < 1.29 is 9.53 Å². The van der Waals surface area contributed by atoms with E-state index in [0.717, 1.165) is 42.0 Å². The van der Waals surface area contributed by atoms with Crippen LogP contribution in [-0.2, 0) is 4.79 Å². The highest BCUT2D eigenvalue weighted by molar-refractivity contribution is 9.10. The Hall–Kier alpha value is -2.09. The molecule has 3 rings (SSSR count). The highest BCUT2D eigenvalue weighted by Crippen LogP contribution is 2.27. The standard InChI is InChI=1S/C18H24BrN5O2/c1-23(2)18-20-17(21-22-18)13-7-10-24(11-8-13)16(25)9-12-26-15-6-4-3-5-14(15)19/h3-6,13H,7-12H2,1-2H3,(H,20,21,22). The van der Waals surface area contributed by atoms with Crippen LogP contribution in [0.4, 0.5) is 5.95 Å². The number of nitrogens with zero attached hydrogens (tertiary/aromatic N) is 4. The van der Waals surface area contributed by atoms with Gasteiger partial charge in [0, 0.05) is 33.1 Å². The third-order valence-electron chi connectivity index (χ3n) is 4.54. The summed E-state index contributed by atoms with van der Waals surface area (Å²) >= 11 is 3.44. The number of H-pyrrole nitrogens is 1. The first-order valence-electron chi connectivity index (χ1n) is 8.79. The van der Waals surface area contributed by atoms with E-state index in [1.807, 2.05) is 48.2 Å². The van der Waals surface area contributed by atoms with Crippen molar-refractivity contribution in [3.8, 4) is 5.75 Å². The van der Waals surface area contributed by atoms with Crippen LogP contribution >= 0.6 is 15.9 Å². The molecule has 1 saturated heterocycles. The fourth-order valence-electron chi connectivity index (χ4n) is 3.02. The first-order valence-corrected chi connectivity index (χ1v) is 9.58. The summed E-state index contributed by atoms with van der Waals surface area (Å²) in [6.45, 7) is 1.88. The molecule has 1 aliphatic rings. The molecule has 2 aromatic rings. The maximum atomic E-state index is 12.4. The molecule has 0 saturated carbocycles. The highest BCUT2D eigenvalue weighted by Gasteiger charge is 2.26. The van der Waals surface area contributed by atoms with E-state index in [1.165, 1.54) is 0 Å². The van der Waals surface area contributed by atoms with Crippen molar-refractivity contribution in [1.29, 1.82) is 0 Å². The van der Waals surface area contributed by atoms with Gasteiger partial charge in [-0.25, -0.2) is 0 Å². The summed E-state index contributed by atoms with van der Waals surface area (Å²) in [5, 5.41) is 7.24. The number of ether oxygens (including phenoxy) is 1. The van der Waals surface area contributed by atoms with Gasteiger partial charge in [0.15, 0.2) is 0 Å². The molecule has 1 aromatic carbocycles. The van der Waals surface area contributed by atoms with E-state index < -0.39 is 0 Å². The lowest BCUT2D eigenvalue weighted by Crippen LogP contribution is -2.38. The number of carbonyl (C=O) groups excluding carboxylic acids is 1. The Morgan fingerprint density at radius 1 is 1.35 bits per heavy atom. The third-order valence-corrected chi connectivity index (χ3v) is 5.19.